The van der Waals surface area contributed by atoms with Crippen LogP contribution in [0.15, 0.2) is 35.7 Å². The summed E-state index contributed by atoms with van der Waals surface area (Å²) < 4.78 is 26.6. The number of sulfonamides is 1. The van der Waals surface area contributed by atoms with E-state index in [2.05, 4.69) is 5.32 Å². The van der Waals surface area contributed by atoms with Crippen LogP contribution in [-0.4, -0.2) is 26.6 Å². The Morgan fingerprint density at radius 3 is 2.88 bits per heavy atom. The van der Waals surface area contributed by atoms with E-state index in [1.54, 1.807) is 17.4 Å². The van der Waals surface area contributed by atoms with E-state index in [0.717, 1.165) is 23.3 Å². The van der Waals surface area contributed by atoms with Crippen LogP contribution in [0.3, 0.4) is 0 Å². The van der Waals surface area contributed by atoms with Crippen molar-refractivity contribution in [3.63, 3.8) is 0 Å². The number of amides is 1. The molecule has 0 radical (unpaired) electrons. The van der Waals surface area contributed by atoms with Crippen LogP contribution in [0, 0.1) is 0 Å². The lowest BCUT2D eigenvalue weighted by Gasteiger charge is -2.31. The molecule has 2 heterocycles. The summed E-state index contributed by atoms with van der Waals surface area (Å²) in [5.41, 5.74) is 2.36. The second-order valence-corrected chi connectivity index (χ2v) is 9.18. The highest BCUT2D eigenvalue weighted by Crippen LogP contribution is 2.32. The van der Waals surface area contributed by atoms with Crippen molar-refractivity contribution in [1.82, 2.24) is 0 Å². The number of aryl methyl sites for hydroxylation is 1. The lowest BCUT2D eigenvalue weighted by atomic mass is 10.0. The minimum absolute atomic E-state index is 0.0961. The molecule has 0 aliphatic carbocycles. The molecule has 5 nitrogen and oxygen atoms in total. The summed E-state index contributed by atoms with van der Waals surface area (Å²) in [6, 6.07) is 9.40. The molecule has 1 amide bonds. The van der Waals surface area contributed by atoms with Crippen LogP contribution in [0.1, 0.15) is 30.2 Å². The second-order valence-electron chi connectivity index (χ2n) is 6.14. The zero-order valence-electron chi connectivity index (χ0n) is 14.2. The zero-order chi connectivity index (χ0) is 17.9. The largest absolute Gasteiger partial charge is 0.326 e. The fraction of sp³-hybridized carbons (Fsp3) is 0.389. The topological polar surface area (TPSA) is 66.5 Å². The molecule has 1 aromatic heterocycles. The average Bonchev–Trinajstić information content (AvgIpc) is 3.07. The van der Waals surface area contributed by atoms with Gasteiger partial charge in [-0.15, -0.1) is 11.3 Å². The zero-order valence-corrected chi connectivity index (χ0v) is 15.8. The number of rotatable bonds is 6. The average molecular weight is 379 g/mol. The number of carbonyl (C=O) groups is 1. The predicted molar refractivity (Wildman–Crippen MR) is 103 cm³/mol. The van der Waals surface area contributed by atoms with Gasteiger partial charge < -0.3 is 5.32 Å². The fourth-order valence-corrected chi connectivity index (χ4v) is 5.37. The second kappa shape index (κ2) is 7.58. The van der Waals surface area contributed by atoms with E-state index in [-0.39, 0.29) is 11.7 Å². The molecule has 3 rings (SSSR count). The molecular weight excluding hydrogens is 356 g/mol. The Bertz CT molecular complexity index is 845. The van der Waals surface area contributed by atoms with Gasteiger partial charge in [0.2, 0.25) is 15.9 Å². The van der Waals surface area contributed by atoms with E-state index in [4.69, 9.17) is 0 Å². The van der Waals surface area contributed by atoms with Crippen molar-refractivity contribution in [1.29, 1.82) is 0 Å². The number of hydrogen-bond acceptors (Lipinski definition) is 4. The number of nitrogens with one attached hydrogen (secondary N) is 1. The maximum absolute atomic E-state index is 12.5. The standard InChI is InChI=1S/C18H22N2O3S2/c1-2-11-25(22,23)20-9-3-5-14-7-8-15(12-17(14)20)19-18(21)13-16-6-4-10-24-16/h4,6-8,10,12H,2-3,5,9,11,13H2,1H3,(H,19,21). The molecule has 2 aromatic rings. The van der Waals surface area contributed by atoms with Crippen LogP contribution in [0.4, 0.5) is 11.4 Å². The van der Waals surface area contributed by atoms with E-state index < -0.39 is 10.0 Å². The number of anilines is 2. The first-order chi connectivity index (χ1) is 12.0. The van der Waals surface area contributed by atoms with Crippen LogP contribution in [0.5, 0.6) is 0 Å². The third-order valence-electron chi connectivity index (χ3n) is 4.16. The number of nitrogens with zero attached hydrogens (tertiary/aromatic N) is 1. The first-order valence-electron chi connectivity index (χ1n) is 8.45. The van der Waals surface area contributed by atoms with Gasteiger partial charge in [-0.3, -0.25) is 9.10 Å². The molecular formula is C18H22N2O3S2. The van der Waals surface area contributed by atoms with Gasteiger partial charge in [-0.1, -0.05) is 19.1 Å². The van der Waals surface area contributed by atoms with Gasteiger partial charge in [-0.25, -0.2) is 8.42 Å². The molecule has 1 aliphatic rings. The Morgan fingerprint density at radius 2 is 2.16 bits per heavy atom. The molecule has 134 valence electrons. The van der Waals surface area contributed by atoms with Gasteiger partial charge >= 0.3 is 0 Å². The van der Waals surface area contributed by atoms with E-state index in [9.17, 15) is 13.2 Å². The Hall–Kier alpha value is -1.86. The summed E-state index contributed by atoms with van der Waals surface area (Å²) in [4.78, 5) is 13.2. The van der Waals surface area contributed by atoms with Gasteiger partial charge in [0.25, 0.3) is 0 Å². The SMILES string of the molecule is CCCS(=O)(=O)N1CCCc2ccc(NC(=O)Cc3cccs3)cc21. The number of hydrogen-bond donors (Lipinski definition) is 1. The molecule has 0 saturated carbocycles. The van der Waals surface area contributed by atoms with Gasteiger partial charge in [0, 0.05) is 17.1 Å². The lowest BCUT2D eigenvalue weighted by molar-refractivity contribution is -0.115. The summed E-state index contributed by atoms with van der Waals surface area (Å²) in [5.74, 6) is 0.0441. The quantitative estimate of drug-likeness (QED) is 0.837. The molecule has 0 spiro atoms. The van der Waals surface area contributed by atoms with E-state index in [0.29, 0.717) is 30.8 Å². The van der Waals surface area contributed by atoms with E-state index in [1.165, 1.54) is 4.31 Å². The van der Waals surface area contributed by atoms with E-state index >= 15 is 0 Å². The summed E-state index contributed by atoms with van der Waals surface area (Å²) >= 11 is 1.55. The van der Waals surface area contributed by atoms with Crippen molar-refractivity contribution >= 4 is 38.6 Å². The van der Waals surface area contributed by atoms with Crippen LogP contribution >= 0.6 is 11.3 Å². The van der Waals surface area contributed by atoms with Gasteiger partial charge in [0.15, 0.2) is 0 Å². The van der Waals surface area contributed by atoms with Crippen LogP contribution in [0.25, 0.3) is 0 Å². The van der Waals surface area contributed by atoms with Crippen LogP contribution in [-0.2, 0) is 27.7 Å². The number of thiophene rings is 1. The molecule has 0 bridgehead atoms. The van der Waals surface area contributed by atoms with Crippen molar-refractivity contribution < 1.29 is 13.2 Å². The molecule has 0 atom stereocenters. The fourth-order valence-electron chi connectivity index (χ4n) is 3.05. The first-order valence-corrected chi connectivity index (χ1v) is 10.9. The molecule has 7 heteroatoms. The van der Waals surface area contributed by atoms with Crippen molar-refractivity contribution in [2.24, 2.45) is 0 Å². The van der Waals surface area contributed by atoms with Gasteiger partial charge in [0.1, 0.15) is 0 Å². The Morgan fingerprint density at radius 1 is 1.32 bits per heavy atom. The minimum atomic E-state index is -3.31. The minimum Gasteiger partial charge on any atom is -0.326 e. The summed E-state index contributed by atoms with van der Waals surface area (Å²) in [6.45, 7) is 2.37. The highest BCUT2D eigenvalue weighted by molar-refractivity contribution is 7.92. The molecule has 0 saturated heterocycles. The first kappa shape index (κ1) is 17.9. The van der Waals surface area contributed by atoms with Crippen molar-refractivity contribution in [3.8, 4) is 0 Å². The van der Waals surface area contributed by atoms with Crippen molar-refractivity contribution in [3.05, 3.63) is 46.2 Å². The maximum atomic E-state index is 12.5. The molecule has 1 aliphatic heterocycles. The Labute approximate surface area is 152 Å². The molecule has 25 heavy (non-hydrogen) atoms. The molecule has 1 aromatic carbocycles. The van der Waals surface area contributed by atoms with Gasteiger partial charge in [-0.05, 0) is 48.4 Å². The van der Waals surface area contributed by atoms with Gasteiger partial charge in [0.05, 0.1) is 17.9 Å². The summed E-state index contributed by atoms with van der Waals surface area (Å²) in [5, 5.41) is 4.82. The Balaban J connectivity index is 1.81. The molecule has 1 N–H and O–H groups in total. The van der Waals surface area contributed by atoms with Gasteiger partial charge in [-0.2, -0.15) is 0 Å². The van der Waals surface area contributed by atoms with Crippen LogP contribution < -0.4 is 9.62 Å². The molecule has 0 fully saturated rings. The number of benzene rings is 1. The smallest absolute Gasteiger partial charge is 0.235 e. The van der Waals surface area contributed by atoms with E-state index in [1.807, 2.05) is 36.6 Å². The highest BCUT2D eigenvalue weighted by atomic mass is 32.2. The van der Waals surface area contributed by atoms with Crippen molar-refractivity contribution in [2.75, 3.05) is 21.9 Å². The van der Waals surface area contributed by atoms with Crippen molar-refractivity contribution in [2.45, 2.75) is 32.6 Å². The molecule has 0 unspecified atom stereocenters. The third kappa shape index (κ3) is 4.22. The summed E-state index contributed by atoms with van der Waals surface area (Å²) in [6.07, 6.45) is 2.59. The predicted octanol–water partition coefficient (Wildman–Crippen LogP) is 3.42. The Kier molecular flexibility index (Phi) is 5.44. The maximum Gasteiger partial charge on any atom is 0.235 e. The number of carbonyl (C=O) groups excluding carboxylic acids is 1. The lowest BCUT2D eigenvalue weighted by Crippen LogP contribution is -2.37. The monoisotopic (exact) mass is 378 g/mol. The normalized spacial score (nSPS) is 14.2. The third-order valence-corrected chi connectivity index (χ3v) is 7.01. The highest BCUT2D eigenvalue weighted by Gasteiger charge is 2.27. The summed E-state index contributed by atoms with van der Waals surface area (Å²) in [7, 11) is -3.31. The number of fused-ring (bicyclic) bond motifs is 1. The van der Waals surface area contributed by atoms with Crippen LogP contribution in [0.2, 0.25) is 0 Å².